The standard InChI is InChI=1S/C9H21BS/c1-5-8(6(2)3)9(10)7(4)11/h6-9,11H,5,10H2,1-4H3. The van der Waals surface area contributed by atoms with E-state index in [2.05, 4.69) is 48.2 Å². The van der Waals surface area contributed by atoms with Crippen molar-refractivity contribution in [2.75, 3.05) is 0 Å². The summed E-state index contributed by atoms with van der Waals surface area (Å²) in [4.78, 5) is 0. The van der Waals surface area contributed by atoms with Crippen LogP contribution < -0.4 is 0 Å². The molecule has 66 valence electrons. The van der Waals surface area contributed by atoms with Gasteiger partial charge in [0, 0.05) is 0 Å². The smallest absolute Gasteiger partial charge is 0.107 e. The lowest BCUT2D eigenvalue weighted by Gasteiger charge is -2.28. The fourth-order valence-electron chi connectivity index (χ4n) is 1.81. The first kappa shape index (κ1) is 11.4. The van der Waals surface area contributed by atoms with Gasteiger partial charge < -0.3 is 0 Å². The van der Waals surface area contributed by atoms with Gasteiger partial charge in [0.15, 0.2) is 0 Å². The monoisotopic (exact) mass is 172 g/mol. The molecule has 0 spiro atoms. The van der Waals surface area contributed by atoms with Crippen LogP contribution in [0.2, 0.25) is 5.82 Å². The topological polar surface area (TPSA) is 0 Å². The molecule has 0 aromatic rings. The Labute approximate surface area is 78.0 Å². The maximum absolute atomic E-state index is 4.48. The third-order valence-electron chi connectivity index (χ3n) is 2.76. The Kier molecular flexibility index (Phi) is 5.32. The van der Waals surface area contributed by atoms with Crippen LogP contribution in [-0.4, -0.2) is 13.1 Å². The van der Waals surface area contributed by atoms with Crippen LogP contribution in [0.3, 0.4) is 0 Å². The minimum absolute atomic E-state index is 0.530. The minimum atomic E-state index is 0.530. The summed E-state index contributed by atoms with van der Waals surface area (Å²) in [5.74, 6) is 2.37. The van der Waals surface area contributed by atoms with Gasteiger partial charge in [0.1, 0.15) is 7.85 Å². The molecular weight excluding hydrogens is 151 g/mol. The first-order chi connectivity index (χ1) is 5.00. The predicted molar refractivity (Wildman–Crippen MR) is 59.4 cm³/mol. The molecule has 3 unspecified atom stereocenters. The molecule has 0 aromatic carbocycles. The van der Waals surface area contributed by atoms with E-state index in [-0.39, 0.29) is 0 Å². The summed E-state index contributed by atoms with van der Waals surface area (Å²) in [5.41, 5.74) is 0. The molecule has 11 heavy (non-hydrogen) atoms. The molecule has 0 fully saturated rings. The second-order valence-corrected chi connectivity index (χ2v) is 4.73. The largest absolute Gasteiger partial charge is 0.177 e. The van der Waals surface area contributed by atoms with Gasteiger partial charge in [-0.05, 0) is 17.1 Å². The first-order valence-electron chi connectivity index (χ1n) is 4.68. The van der Waals surface area contributed by atoms with Crippen LogP contribution in [-0.2, 0) is 0 Å². The number of thiol groups is 1. The highest BCUT2D eigenvalue weighted by molar-refractivity contribution is 7.81. The molecule has 0 aliphatic heterocycles. The van der Waals surface area contributed by atoms with Gasteiger partial charge in [-0.1, -0.05) is 39.9 Å². The van der Waals surface area contributed by atoms with Gasteiger partial charge in [-0.2, -0.15) is 12.6 Å². The first-order valence-corrected chi connectivity index (χ1v) is 5.20. The molecule has 0 N–H and O–H groups in total. The highest BCUT2D eigenvalue weighted by atomic mass is 32.1. The fraction of sp³-hybridized carbons (Fsp3) is 1.00. The zero-order valence-electron chi connectivity index (χ0n) is 8.46. The summed E-state index contributed by atoms with van der Waals surface area (Å²) in [6, 6.07) is 0. The van der Waals surface area contributed by atoms with E-state index in [9.17, 15) is 0 Å². The summed E-state index contributed by atoms with van der Waals surface area (Å²) in [7, 11) is 2.31. The van der Waals surface area contributed by atoms with Crippen LogP contribution in [0.15, 0.2) is 0 Å². The van der Waals surface area contributed by atoms with Crippen molar-refractivity contribution in [1.82, 2.24) is 0 Å². The molecule has 0 nitrogen and oxygen atoms in total. The molecule has 0 heterocycles. The average Bonchev–Trinajstić information content (AvgIpc) is 1.88. The van der Waals surface area contributed by atoms with Crippen LogP contribution in [0, 0.1) is 11.8 Å². The quantitative estimate of drug-likeness (QED) is 0.488. The maximum atomic E-state index is 4.48. The summed E-state index contributed by atoms with van der Waals surface area (Å²) in [6.45, 7) is 9.08. The van der Waals surface area contributed by atoms with E-state index in [1.165, 1.54) is 6.42 Å². The van der Waals surface area contributed by atoms with Crippen molar-refractivity contribution in [1.29, 1.82) is 0 Å². The highest BCUT2D eigenvalue weighted by Gasteiger charge is 2.21. The van der Waals surface area contributed by atoms with Gasteiger partial charge in [0.25, 0.3) is 0 Å². The Hall–Kier alpha value is 0.415. The summed E-state index contributed by atoms with van der Waals surface area (Å²) in [5, 5.41) is 0.530. The van der Waals surface area contributed by atoms with Gasteiger partial charge in [-0.25, -0.2) is 0 Å². The Bertz CT molecular complexity index is 102. The van der Waals surface area contributed by atoms with Crippen molar-refractivity contribution in [3.63, 3.8) is 0 Å². The zero-order valence-corrected chi connectivity index (χ0v) is 9.36. The van der Waals surface area contributed by atoms with Crippen molar-refractivity contribution in [3.05, 3.63) is 0 Å². The predicted octanol–water partition coefficient (Wildman–Crippen LogP) is 2.41. The zero-order chi connectivity index (χ0) is 9.02. The van der Waals surface area contributed by atoms with Gasteiger partial charge >= 0.3 is 0 Å². The van der Waals surface area contributed by atoms with E-state index in [0.29, 0.717) is 5.25 Å². The van der Waals surface area contributed by atoms with E-state index >= 15 is 0 Å². The van der Waals surface area contributed by atoms with Crippen molar-refractivity contribution in [2.45, 2.75) is 45.2 Å². The second kappa shape index (κ2) is 5.13. The third kappa shape index (κ3) is 3.55. The molecule has 0 saturated carbocycles. The molecule has 0 aromatic heterocycles. The molecule has 0 bridgehead atoms. The molecular formula is C9H21BS. The molecule has 0 aliphatic carbocycles. The van der Waals surface area contributed by atoms with Crippen LogP contribution in [0.25, 0.3) is 0 Å². The number of hydrogen-bond donors (Lipinski definition) is 1. The molecule has 3 atom stereocenters. The third-order valence-corrected chi connectivity index (χ3v) is 3.23. The lowest BCUT2D eigenvalue weighted by atomic mass is 9.69. The molecule has 0 amide bonds. The van der Waals surface area contributed by atoms with Crippen molar-refractivity contribution >= 4 is 20.5 Å². The van der Waals surface area contributed by atoms with E-state index in [1.807, 2.05) is 0 Å². The van der Waals surface area contributed by atoms with Gasteiger partial charge in [-0.15, -0.1) is 0 Å². The number of rotatable bonds is 4. The lowest BCUT2D eigenvalue weighted by molar-refractivity contribution is 0.350. The molecule has 0 radical (unpaired) electrons. The molecule has 0 aliphatic rings. The van der Waals surface area contributed by atoms with Crippen LogP contribution in [0.4, 0.5) is 0 Å². The Morgan fingerprint density at radius 1 is 1.27 bits per heavy atom. The van der Waals surface area contributed by atoms with Crippen LogP contribution in [0.1, 0.15) is 34.1 Å². The number of hydrogen-bond acceptors (Lipinski definition) is 1. The summed E-state index contributed by atoms with van der Waals surface area (Å²) < 4.78 is 0. The van der Waals surface area contributed by atoms with Gasteiger partial charge in [0.05, 0.1) is 0 Å². The SMILES string of the molecule is BC(C(C)S)C(CC)C(C)C. The van der Waals surface area contributed by atoms with Gasteiger partial charge in [0.2, 0.25) is 0 Å². The van der Waals surface area contributed by atoms with Gasteiger partial charge in [-0.3, -0.25) is 0 Å². The van der Waals surface area contributed by atoms with E-state index in [0.717, 1.165) is 17.7 Å². The Morgan fingerprint density at radius 2 is 1.73 bits per heavy atom. The Balaban J connectivity index is 4.02. The van der Waals surface area contributed by atoms with E-state index < -0.39 is 0 Å². The maximum Gasteiger partial charge on any atom is 0.107 e. The van der Waals surface area contributed by atoms with E-state index in [1.54, 1.807) is 0 Å². The average molecular weight is 172 g/mol. The molecule has 0 rings (SSSR count). The molecule has 2 heteroatoms. The van der Waals surface area contributed by atoms with Crippen LogP contribution in [0.5, 0.6) is 0 Å². The summed E-state index contributed by atoms with van der Waals surface area (Å²) >= 11 is 4.48. The minimum Gasteiger partial charge on any atom is -0.177 e. The highest BCUT2D eigenvalue weighted by Crippen LogP contribution is 2.31. The lowest BCUT2D eigenvalue weighted by Crippen LogP contribution is -2.20. The normalized spacial score (nSPS) is 19.8. The Morgan fingerprint density at radius 3 is 1.82 bits per heavy atom. The van der Waals surface area contributed by atoms with Crippen molar-refractivity contribution in [2.24, 2.45) is 11.8 Å². The van der Waals surface area contributed by atoms with E-state index in [4.69, 9.17) is 0 Å². The molecule has 0 saturated heterocycles. The second-order valence-electron chi connectivity index (χ2n) is 3.92. The van der Waals surface area contributed by atoms with Crippen LogP contribution >= 0.6 is 12.6 Å². The fourth-order valence-corrected chi connectivity index (χ4v) is 2.03. The summed E-state index contributed by atoms with van der Waals surface area (Å²) in [6.07, 6.45) is 1.28. The van der Waals surface area contributed by atoms with Crippen molar-refractivity contribution < 1.29 is 0 Å². The van der Waals surface area contributed by atoms with Crippen molar-refractivity contribution in [3.8, 4) is 0 Å².